The van der Waals surface area contributed by atoms with Gasteiger partial charge in [-0.1, -0.05) is 6.07 Å². The quantitative estimate of drug-likeness (QED) is 0.914. The normalized spacial score (nSPS) is 34.8. The number of rotatable bonds is 4. The van der Waals surface area contributed by atoms with Crippen LogP contribution in [-0.2, 0) is 11.2 Å². The summed E-state index contributed by atoms with van der Waals surface area (Å²) in [4.78, 5) is 12.5. The van der Waals surface area contributed by atoms with E-state index in [4.69, 9.17) is 9.47 Å². The molecule has 0 radical (unpaired) electrons. The van der Waals surface area contributed by atoms with Crippen molar-refractivity contribution in [1.29, 1.82) is 0 Å². The molecule has 0 aromatic heterocycles. The fourth-order valence-corrected chi connectivity index (χ4v) is 5.92. The summed E-state index contributed by atoms with van der Waals surface area (Å²) in [6.07, 6.45) is 8.16. The van der Waals surface area contributed by atoms with Crippen LogP contribution in [0.1, 0.15) is 44.1 Å². The number of hydrogen-bond donors (Lipinski definition) is 1. The molecule has 1 aliphatic heterocycles. The molecular formula is C21H27NO3. The predicted octanol–water partition coefficient (Wildman–Crippen LogP) is 3.33. The molecule has 4 aliphatic carbocycles. The number of hydrogen-bond acceptors (Lipinski definition) is 3. The molecule has 4 nitrogen and oxygen atoms in total. The first kappa shape index (κ1) is 15.5. The Morgan fingerprint density at radius 1 is 0.960 bits per heavy atom. The molecule has 1 amide bonds. The fraction of sp³-hybridized carbons (Fsp3) is 0.667. The molecule has 1 aromatic carbocycles. The van der Waals surface area contributed by atoms with Crippen LogP contribution in [0.3, 0.4) is 0 Å². The number of amides is 1. The number of fused-ring (bicyclic) bond motifs is 1. The second kappa shape index (κ2) is 6.22. The number of carbonyl (C=O) groups excluding carboxylic acids is 1. The zero-order valence-corrected chi connectivity index (χ0v) is 14.7. The molecule has 134 valence electrons. The van der Waals surface area contributed by atoms with Crippen LogP contribution in [0.2, 0.25) is 0 Å². The van der Waals surface area contributed by atoms with Crippen LogP contribution >= 0.6 is 0 Å². The molecule has 4 heteroatoms. The van der Waals surface area contributed by atoms with E-state index in [-0.39, 0.29) is 5.91 Å². The van der Waals surface area contributed by atoms with Gasteiger partial charge in [-0.15, -0.1) is 0 Å². The Labute approximate surface area is 149 Å². The summed E-state index contributed by atoms with van der Waals surface area (Å²) in [5.41, 5.74) is 1.14. The van der Waals surface area contributed by atoms with Crippen LogP contribution in [-0.4, -0.2) is 25.2 Å². The number of nitrogens with one attached hydrogen (secondary N) is 1. The highest BCUT2D eigenvalue weighted by Crippen LogP contribution is 2.53. The molecule has 1 N–H and O–H groups in total. The third-order valence-electron chi connectivity index (χ3n) is 6.80. The van der Waals surface area contributed by atoms with Crippen LogP contribution in [0.15, 0.2) is 18.2 Å². The van der Waals surface area contributed by atoms with Crippen molar-refractivity contribution >= 4 is 5.91 Å². The molecule has 6 rings (SSSR count). The zero-order chi connectivity index (χ0) is 16.8. The largest absolute Gasteiger partial charge is 0.486 e. The molecule has 4 bridgehead atoms. The van der Waals surface area contributed by atoms with E-state index in [0.29, 0.717) is 25.7 Å². The lowest BCUT2D eigenvalue weighted by Crippen LogP contribution is -2.55. The van der Waals surface area contributed by atoms with Gasteiger partial charge in [-0.05, 0) is 79.9 Å². The lowest BCUT2D eigenvalue weighted by molar-refractivity contribution is -0.125. The van der Waals surface area contributed by atoms with Crippen LogP contribution < -0.4 is 14.8 Å². The summed E-state index contributed by atoms with van der Waals surface area (Å²) in [5, 5.41) is 3.40. The standard InChI is InChI=1S/C21H27NO3/c23-20(4-2-13-1-3-18-19(12-13)25-6-5-24-18)22-21-16-8-14-7-15(10-16)11-17(21)9-14/h1,3,12,14-17,21H,2,4-11H2,(H,22,23). The lowest BCUT2D eigenvalue weighted by atomic mass is 9.54. The fourth-order valence-electron chi connectivity index (χ4n) is 5.92. The van der Waals surface area contributed by atoms with Crippen molar-refractivity contribution in [1.82, 2.24) is 5.32 Å². The zero-order valence-electron chi connectivity index (χ0n) is 14.7. The Kier molecular flexibility index (Phi) is 3.87. The smallest absolute Gasteiger partial charge is 0.220 e. The van der Waals surface area contributed by atoms with Gasteiger partial charge >= 0.3 is 0 Å². The summed E-state index contributed by atoms with van der Waals surface area (Å²) in [7, 11) is 0. The monoisotopic (exact) mass is 341 g/mol. The molecule has 0 unspecified atom stereocenters. The third kappa shape index (κ3) is 3.00. The summed E-state index contributed by atoms with van der Waals surface area (Å²) < 4.78 is 11.2. The summed E-state index contributed by atoms with van der Waals surface area (Å²) in [6, 6.07) is 6.47. The van der Waals surface area contributed by atoms with Crippen molar-refractivity contribution in [3.8, 4) is 11.5 Å². The number of benzene rings is 1. The third-order valence-corrected chi connectivity index (χ3v) is 6.80. The van der Waals surface area contributed by atoms with Gasteiger partial charge in [0.25, 0.3) is 0 Å². The highest BCUT2D eigenvalue weighted by molar-refractivity contribution is 5.76. The molecular weight excluding hydrogens is 314 g/mol. The van der Waals surface area contributed by atoms with Gasteiger partial charge in [0.1, 0.15) is 13.2 Å². The molecule has 0 saturated heterocycles. The van der Waals surface area contributed by atoms with Crippen molar-refractivity contribution in [3.63, 3.8) is 0 Å². The topological polar surface area (TPSA) is 47.6 Å². The van der Waals surface area contributed by atoms with E-state index in [1.807, 2.05) is 18.2 Å². The molecule has 1 heterocycles. The van der Waals surface area contributed by atoms with Crippen molar-refractivity contribution in [2.45, 2.75) is 51.0 Å². The van der Waals surface area contributed by atoms with Crippen LogP contribution in [0.4, 0.5) is 0 Å². The van der Waals surface area contributed by atoms with E-state index in [1.165, 1.54) is 32.1 Å². The Morgan fingerprint density at radius 3 is 2.36 bits per heavy atom. The van der Waals surface area contributed by atoms with Crippen molar-refractivity contribution in [2.75, 3.05) is 13.2 Å². The van der Waals surface area contributed by atoms with Crippen LogP contribution in [0.25, 0.3) is 0 Å². The van der Waals surface area contributed by atoms with Gasteiger partial charge in [0, 0.05) is 12.5 Å². The van der Waals surface area contributed by atoms with E-state index >= 15 is 0 Å². The van der Waals surface area contributed by atoms with Crippen molar-refractivity contribution < 1.29 is 14.3 Å². The first-order valence-corrected chi connectivity index (χ1v) is 9.92. The summed E-state index contributed by atoms with van der Waals surface area (Å²) in [5.74, 6) is 5.23. The SMILES string of the molecule is O=C(CCc1ccc2c(c1)OCCO2)NC1C2CC3CC(C2)CC1C3. The maximum Gasteiger partial charge on any atom is 0.220 e. The number of carbonyl (C=O) groups is 1. The second-order valence-electron chi connectivity index (χ2n) is 8.50. The van der Waals surface area contributed by atoms with Gasteiger partial charge < -0.3 is 14.8 Å². The van der Waals surface area contributed by atoms with Gasteiger partial charge in [-0.25, -0.2) is 0 Å². The molecule has 4 fully saturated rings. The van der Waals surface area contributed by atoms with E-state index in [1.54, 1.807) is 0 Å². The van der Waals surface area contributed by atoms with E-state index in [9.17, 15) is 4.79 Å². The molecule has 25 heavy (non-hydrogen) atoms. The maximum absolute atomic E-state index is 12.5. The Balaban J connectivity index is 1.17. The van der Waals surface area contributed by atoms with Gasteiger partial charge in [-0.3, -0.25) is 4.79 Å². The minimum absolute atomic E-state index is 0.215. The number of ether oxygens (including phenoxy) is 2. The Bertz CT molecular complexity index is 643. The number of aryl methyl sites for hydroxylation is 1. The average molecular weight is 341 g/mol. The van der Waals surface area contributed by atoms with E-state index < -0.39 is 0 Å². The minimum Gasteiger partial charge on any atom is -0.486 e. The molecule has 0 spiro atoms. The second-order valence-corrected chi connectivity index (χ2v) is 8.50. The van der Waals surface area contributed by atoms with Gasteiger partial charge in [-0.2, -0.15) is 0 Å². The molecule has 1 aromatic rings. The molecule has 4 saturated carbocycles. The van der Waals surface area contributed by atoms with E-state index in [2.05, 4.69) is 5.32 Å². The maximum atomic E-state index is 12.5. The highest BCUT2D eigenvalue weighted by atomic mass is 16.6. The first-order chi connectivity index (χ1) is 12.2. The Morgan fingerprint density at radius 2 is 1.64 bits per heavy atom. The first-order valence-electron chi connectivity index (χ1n) is 9.92. The van der Waals surface area contributed by atoms with Gasteiger partial charge in [0.2, 0.25) is 5.91 Å². The van der Waals surface area contributed by atoms with Crippen LogP contribution in [0.5, 0.6) is 11.5 Å². The average Bonchev–Trinajstić information content (AvgIpc) is 2.62. The predicted molar refractivity (Wildman–Crippen MR) is 94.7 cm³/mol. The van der Waals surface area contributed by atoms with Gasteiger partial charge in [0.15, 0.2) is 11.5 Å². The Hall–Kier alpha value is -1.71. The van der Waals surface area contributed by atoms with Crippen LogP contribution in [0, 0.1) is 23.7 Å². The van der Waals surface area contributed by atoms with Crippen molar-refractivity contribution in [2.24, 2.45) is 23.7 Å². The minimum atomic E-state index is 0.215. The van der Waals surface area contributed by atoms with Crippen molar-refractivity contribution in [3.05, 3.63) is 23.8 Å². The summed E-state index contributed by atoms with van der Waals surface area (Å²) in [6.45, 7) is 1.21. The summed E-state index contributed by atoms with van der Waals surface area (Å²) >= 11 is 0. The highest BCUT2D eigenvalue weighted by Gasteiger charge is 2.48. The molecule has 0 atom stereocenters. The van der Waals surface area contributed by atoms with Gasteiger partial charge in [0.05, 0.1) is 0 Å². The molecule has 5 aliphatic rings. The lowest BCUT2D eigenvalue weighted by Gasteiger charge is -2.54. The van der Waals surface area contributed by atoms with E-state index in [0.717, 1.165) is 47.2 Å².